The van der Waals surface area contributed by atoms with Gasteiger partial charge in [0.25, 0.3) is 0 Å². The highest BCUT2D eigenvalue weighted by Crippen LogP contribution is 2.21. The van der Waals surface area contributed by atoms with Crippen molar-refractivity contribution >= 4 is 5.84 Å². The quantitative estimate of drug-likeness (QED) is 0.323. The van der Waals surface area contributed by atoms with Gasteiger partial charge in [0.15, 0.2) is 5.84 Å². The molecule has 0 aliphatic carbocycles. The van der Waals surface area contributed by atoms with E-state index in [1.54, 1.807) is 0 Å². The minimum Gasteiger partial charge on any atom is -0.409 e. The van der Waals surface area contributed by atoms with Gasteiger partial charge in [-0.2, -0.15) is 0 Å². The van der Waals surface area contributed by atoms with Crippen LogP contribution in [0.3, 0.4) is 0 Å². The molecule has 1 aliphatic heterocycles. The highest BCUT2D eigenvalue weighted by atomic mass is 16.4. The van der Waals surface area contributed by atoms with Gasteiger partial charge in [-0.15, -0.1) is 0 Å². The lowest BCUT2D eigenvalue weighted by molar-refractivity contribution is 0.145. The number of oxime groups is 1. The Labute approximate surface area is 92.1 Å². The molecule has 0 aromatic heterocycles. The van der Waals surface area contributed by atoms with Gasteiger partial charge in [-0.1, -0.05) is 25.4 Å². The summed E-state index contributed by atoms with van der Waals surface area (Å²) < 4.78 is 0. The molecule has 2 atom stereocenters. The Hall–Kier alpha value is -0.770. The fourth-order valence-electron chi connectivity index (χ4n) is 2.43. The second-order valence-electron chi connectivity index (χ2n) is 4.36. The third kappa shape index (κ3) is 3.09. The van der Waals surface area contributed by atoms with Gasteiger partial charge >= 0.3 is 0 Å². The number of amidine groups is 1. The molecule has 1 aliphatic rings. The molecule has 0 amide bonds. The monoisotopic (exact) mass is 213 g/mol. The predicted molar refractivity (Wildman–Crippen MR) is 62.1 cm³/mol. The van der Waals surface area contributed by atoms with E-state index in [2.05, 4.69) is 23.9 Å². The Morgan fingerprint density at radius 1 is 1.60 bits per heavy atom. The van der Waals surface area contributed by atoms with Crippen LogP contribution in [0, 0.1) is 5.92 Å². The Morgan fingerprint density at radius 3 is 2.87 bits per heavy atom. The normalized spacial score (nSPS) is 26.5. The largest absolute Gasteiger partial charge is 0.409 e. The third-order valence-corrected chi connectivity index (χ3v) is 3.41. The molecule has 88 valence electrons. The van der Waals surface area contributed by atoms with Crippen molar-refractivity contribution in [1.82, 2.24) is 4.90 Å². The van der Waals surface area contributed by atoms with Gasteiger partial charge in [0.2, 0.25) is 0 Å². The highest BCUT2D eigenvalue weighted by molar-refractivity contribution is 5.85. The van der Waals surface area contributed by atoms with Gasteiger partial charge in [-0.05, 0) is 31.7 Å². The SMILES string of the molecule is CCC1CCCN(C(CC)C(N)=NO)C1. The molecule has 0 aromatic carbocycles. The highest BCUT2D eigenvalue weighted by Gasteiger charge is 2.26. The smallest absolute Gasteiger partial charge is 0.156 e. The molecule has 3 N–H and O–H groups in total. The van der Waals surface area contributed by atoms with E-state index >= 15 is 0 Å². The molecule has 1 heterocycles. The number of piperidine rings is 1. The van der Waals surface area contributed by atoms with Gasteiger partial charge in [0.1, 0.15) is 0 Å². The summed E-state index contributed by atoms with van der Waals surface area (Å²) >= 11 is 0. The zero-order valence-electron chi connectivity index (χ0n) is 9.82. The van der Waals surface area contributed by atoms with Gasteiger partial charge in [0.05, 0.1) is 6.04 Å². The van der Waals surface area contributed by atoms with Gasteiger partial charge in [-0.3, -0.25) is 4.90 Å². The van der Waals surface area contributed by atoms with Crippen LogP contribution < -0.4 is 5.73 Å². The number of rotatable bonds is 4. The first-order valence-corrected chi connectivity index (χ1v) is 5.94. The van der Waals surface area contributed by atoms with Crippen molar-refractivity contribution in [1.29, 1.82) is 0 Å². The van der Waals surface area contributed by atoms with Crippen LogP contribution in [0.2, 0.25) is 0 Å². The van der Waals surface area contributed by atoms with Gasteiger partial charge < -0.3 is 10.9 Å². The Kier molecular flexibility index (Phi) is 4.88. The van der Waals surface area contributed by atoms with Crippen LogP contribution in [0.4, 0.5) is 0 Å². The van der Waals surface area contributed by atoms with Crippen LogP contribution in [0.15, 0.2) is 5.16 Å². The van der Waals surface area contributed by atoms with Crippen LogP contribution in [0.5, 0.6) is 0 Å². The first-order valence-electron chi connectivity index (χ1n) is 5.94. The molecule has 4 nitrogen and oxygen atoms in total. The standard InChI is InChI=1S/C11H23N3O/c1-3-9-6-5-7-14(8-9)10(4-2)11(12)13-15/h9-10,15H,3-8H2,1-2H3,(H2,12,13). The number of nitrogens with zero attached hydrogens (tertiary/aromatic N) is 2. The van der Waals surface area contributed by atoms with Crippen molar-refractivity contribution in [3.05, 3.63) is 0 Å². The summed E-state index contributed by atoms with van der Waals surface area (Å²) in [6, 6.07) is 0.115. The minimum absolute atomic E-state index is 0.115. The molecule has 0 aromatic rings. The van der Waals surface area contributed by atoms with Gasteiger partial charge in [-0.25, -0.2) is 0 Å². The molecule has 1 fully saturated rings. The van der Waals surface area contributed by atoms with Crippen molar-refractivity contribution in [2.45, 2.75) is 45.6 Å². The van der Waals surface area contributed by atoms with E-state index in [4.69, 9.17) is 10.9 Å². The van der Waals surface area contributed by atoms with E-state index < -0.39 is 0 Å². The van der Waals surface area contributed by atoms with E-state index in [9.17, 15) is 0 Å². The van der Waals surface area contributed by atoms with Crippen molar-refractivity contribution < 1.29 is 5.21 Å². The van der Waals surface area contributed by atoms with Crippen LogP contribution in [0.25, 0.3) is 0 Å². The fourth-order valence-corrected chi connectivity index (χ4v) is 2.43. The molecule has 2 unspecified atom stereocenters. The third-order valence-electron chi connectivity index (χ3n) is 3.41. The molecular weight excluding hydrogens is 190 g/mol. The molecule has 4 heteroatoms. The lowest BCUT2D eigenvalue weighted by Gasteiger charge is -2.37. The average molecular weight is 213 g/mol. The van der Waals surface area contributed by atoms with Crippen molar-refractivity contribution in [2.75, 3.05) is 13.1 Å². The zero-order valence-corrected chi connectivity index (χ0v) is 9.82. The number of hydrogen-bond donors (Lipinski definition) is 2. The van der Waals surface area contributed by atoms with Crippen molar-refractivity contribution in [2.24, 2.45) is 16.8 Å². The van der Waals surface area contributed by atoms with E-state index in [1.165, 1.54) is 19.3 Å². The van der Waals surface area contributed by atoms with E-state index in [-0.39, 0.29) is 6.04 Å². The Bertz CT molecular complexity index is 218. The molecule has 0 radical (unpaired) electrons. The molecule has 1 saturated heterocycles. The molecule has 0 spiro atoms. The minimum atomic E-state index is 0.115. The Balaban J connectivity index is 2.60. The summed E-state index contributed by atoms with van der Waals surface area (Å²) in [4.78, 5) is 2.35. The maximum Gasteiger partial charge on any atom is 0.156 e. The molecular formula is C11H23N3O. The fraction of sp³-hybridized carbons (Fsp3) is 0.909. The summed E-state index contributed by atoms with van der Waals surface area (Å²) in [5, 5.41) is 11.9. The molecule has 0 saturated carbocycles. The number of hydrogen-bond acceptors (Lipinski definition) is 3. The number of nitrogens with two attached hydrogens (primary N) is 1. The Morgan fingerprint density at radius 2 is 2.33 bits per heavy atom. The van der Waals surface area contributed by atoms with E-state index in [1.807, 2.05) is 0 Å². The number of likely N-dealkylation sites (tertiary alicyclic amines) is 1. The van der Waals surface area contributed by atoms with E-state index in [0.717, 1.165) is 25.4 Å². The average Bonchev–Trinajstić information content (AvgIpc) is 2.30. The van der Waals surface area contributed by atoms with Crippen LogP contribution in [-0.2, 0) is 0 Å². The lowest BCUT2D eigenvalue weighted by Crippen LogP contribution is -2.48. The summed E-state index contributed by atoms with van der Waals surface area (Å²) in [6.07, 6.45) is 4.68. The summed E-state index contributed by atoms with van der Waals surface area (Å²) in [6.45, 7) is 6.48. The maximum absolute atomic E-state index is 8.73. The van der Waals surface area contributed by atoms with Crippen LogP contribution in [-0.4, -0.2) is 35.1 Å². The molecule has 0 bridgehead atoms. The second kappa shape index (κ2) is 5.95. The van der Waals surface area contributed by atoms with E-state index in [0.29, 0.717) is 5.84 Å². The maximum atomic E-state index is 8.73. The summed E-state index contributed by atoms with van der Waals surface area (Å²) in [5.74, 6) is 1.13. The van der Waals surface area contributed by atoms with Crippen molar-refractivity contribution in [3.63, 3.8) is 0 Å². The summed E-state index contributed by atoms with van der Waals surface area (Å²) in [5.41, 5.74) is 5.70. The first kappa shape index (κ1) is 12.3. The molecule has 1 rings (SSSR count). The predicted octanol–water partition coefficient (Wildman–Crippen LogP) is 1.63. The molecule has 15 heavy (non-hydrogen) atoms. The topological polar surface area (TPSA) is 61.8 Å². The van der Waals surface area contributed by atoms with Crippen molar-refractivity contribution in [3.8, 4) is 0 Å². The zero-order chi connectivity index (χ0) is 11.3. The first-order chi connectivity index (χ1) is 7.22. The lowest BCUT2D eigenvalue weighted by atomic mass is 9.94. The van der Waals surface area contributed by atoms with Crippen LogP contribution >= 0.6 is 0 Å². The second-order valence-corrected chi connectivity index (χ2v) is 4.36. The van der Waals surface area contributed by atoms with Crippen LogP contribution in [0.1, 0.15) is 39.5 Å². The summed E-state index contributed by atoms with van der Waals surface area (Å²) in [7, 11) is 0. The van der Waals surface area contributed by atoms with Gasteiger partial charge in [0, 0.05) is 6.54 Å².